The van der Waals surface area contributed by atoms with Crippen LogP contribution in [0, 0.1) is 0 Å². The van der Waals surface area contributed by atoms with Crippen LogP contribution < -0.4 is 10.5 Å². The average molecular weight is 180 g/mol. The molecule has 0 amide bonds. The van der Waals surface area contributed by atoms with Gasteiger partial charge in [-0.25, -0.2) is 13.6 Å². The molecular formula is C5H12N2O3S. The number of nitrogens with one attached hydrogen (secondary N) is 1. The van der Waals surface area contributed by atoms with E-state index >= 15 is 0 Å². The summed E-state index contributed by atoms with van der Waals surface area (Å²) >= 11 is 0. The molecule has 0 radical (unpaired) electrons. The second-order valence-electron chi connectivity index (χ2n) is 2.14. The van der Waals surface area contributed by atoms with Gasteiger partial charge in [0.25, 0.3) is 10.0 Å². The molecule has 1 heterocycles. The number of hydrogen-bond acceptors (Lipinski definition) is 4. The smallest absolute Gasteiger partial charge is 0.268 e. The standard InChI is InChI=1S/C4H9N.CH3NO3S/c1-2-4-5-3-1;2-6(4,5)1-3/h5H,1-4H2;1H,(H2,2,4,5). The van der Waals surface area contributed by atoms with Gasteiger partial charge in [0, 0.05) is 0 Å². The molecule has 0 aliphatic carbocycles. The lowest BCUT2D eigenvalue weighted by Gasteiger charge is -1.76. The fourth-order valence-electron chi connectivity index (χ4n) is 0.625. The first kappa shape index (κ1) is 10.5. The normalized spacial score (nSPS) is 16.8. The Morgan fingerprint density at radius 1 is 1.27 bits per heavy atom. The molecule has 0 aromatic heterocycles. The summed E-state index contributed by atoms with van der Waals surface area (Å²) < 4.78 is 18.8. The first-order chi connectivity index (χ1) is 5.06. The molecule has 0 unspecified atom stereocenters. The van der Waals surface area contributed by atoms with Crippen LogP contribution in [0.15, 0.2) is 0 Å². The lowest BCUT2D eigenvalue weighted by Crippen LogP contribution is -2.11. The summed E-state index contributed by atoms with van der Waals surface area (Å²) in [4.78, 5) is 9.11. The highest BCUT2D eigenvalue weighted by Gasteiger charge is 1.93. The van der Waals surface area contributed by atoms with E-state index in [1.165, 1.54) is 25.9 Å². The predicted octanol–water partition coefficient (Wildman–Crippen LogP) is -1.17. The zero-order valence-corrected chi connectivity index (χ0v) is 6.93. The van der Waals surface area contributed by atoms with Crippen molar-refractivity contribution in [3.63, 3.8) is 0 Å². The minimum absolute atomic E-state index is 0.312. The second-order valence-corrected chi connectivity index (χ2v) is 3.51. The molecule has 1 rings (SSSR count). The van der Waals surface area contributed by atoms with Crippen molar-refractivity contribution >= 4 is 15.6 Å². The largest absolute Gasteiger partial charge is 0.317 e. The van der Waals surface area contributed by atoms with Gasteiger partial charge in [-0.15, -0.1) is 0 Å². The lowest BCUT2D eigenvalue weighted by atomic mass is 10.4. The highest BCUT2D eigenvalue weighted by molar-refractivity contribution is 8.02. The molecule has 11 heavy (non-hydrogen) atoms. The summed E-state index contributed by atoms with van der Waals surface area (Å²) in [6.45, 7) is 2.50. The third-order valence-corrected chi connectivity index (χ3v) is 1.36. The van der Waals surface area contributed by atoms with Crippen LogP contribution in [0.3, 0.4) is 0 Å². The average Bonchev–Trinajstić information content (AvgIpc) is 2.41. The number of carbonyl (C=O) groups excluding carboxylic acids is 1. The molecule has 1 saturated heterocycles. The monoisotopic (exact) mass is 180 g/mol. The van der Waals surface area contributed by atoms with Crippen LogP contribution in [0.25, 0.3) is 0 Å². The second kappa shape index (κ2) is 5.22. The minimum Gasteiger partial charge on any atom is -0.317 e. The topological polar surface area (TPSA) is 89.3 Å². The molecule has 0 spiro atoms. The van der Waals surface area contributed by atoms with Gasteiger partial charge in [0.1, 0.15) is 0 Å². The molecule has 1 aliphatic rings. The van der Waals surface area contributed by atoms with Crippen molar-refractivity contribution in [2.24, 2.45) is 5.14 Å². The van der Waals surface area contributed by atoms with Crippen LogP contribution in [0.2, 0.25) is 0 Å². The zero-order valence-electron chi connectivity index (χ0n) is 6.12. The van der Waals surface area contributed by atoms with Gasteiger partial charge in [-0.3, -0.25) is 4.79 Å². The minimum atomic E-state index is -3.84. The molecule has 66 valence electrons. The quantitative estimate of drug-likeness (QED) is 0.498. The molecule has 0 aromatic rings. The maximum Gasteiger partial charge on any atom is 0.268 e. The van der Waals surface area contributed by atoms with Crippen molar-refractivity contribution in [1.29, 1.82) is 0 Å². The summed E-state index contributed by atoms with van der Waals surface area (Å²) in [5.41, 5.74) is -0.312. The molecule has 3 N–H and O–H groups in total. The maximum absolute atomic E-state index is 9.41. The number of hydrogen-bond donors (Lipinski definition) is 2. The van der Waals surface area contributed by atoms with Gasteiger partial charge in [0.15, 0.2) is 0 Å². The van der Waals surface area contributed by atoms with Gasteiger partial charge < -0.3 is 5.32 Å². The Bertz CT molecular complexity index is 177. The van der Waals surface area contributed by atoms with E-state index in [0.29, 0.717) is 0 Å². The highest BCUT2D eigenvalue weighted by atomic mass is 32.2. The third-order valence-electron chi connectivity index (χ3n) is 1.09. The van der Waals surface area contributed by atoms with Crippen molar-refractivity contribution < 1.29 is 13.2 Å². The van der Waals surface area contributed by atoms with Crippen LogP contribution in [-0.4, -0.2) is 27.1 Å². The van der Waals surface area contributed by atoms with Crippen LogP contribution >= 0.6 is 0 Å². The SMILES string of the molecule is C1CCNC1.NS(=O)(=O)C=O. The Morgan fingerprint density at radius 2 is 1.64 bits per heavy atom. The first-order valence-corrected chi connectivity index (χ1v) is 4.86. The summed E-state index contributed by atoms with van der Waals surface area (Å²) in [5.74, 6) is 0. The van der Waals surface area contributed by atoms with Crippen molar-refractivity contribution in [3.8, 4) is 0 Å². The van der Waals surface area contributed by atoms with Gasteiger partial charge in [0.05, 0.1) is 0 Å². The molecule has 5 nitrogen and oxygen atoms in total. The Labute approximate surface area is 66.0 Å². The molecule has 1 aliphatic heterocycles. The van der Waals surface area contributed by atoms with Crippen molar-refractivity contribution in [3.05, 3.63) is 0 Å². The number of primary sulfonamides is 1. The number of rotatable bonds is 1. The Kier molecular flexibility index (Phi) is 5.01. The van der Waals surface area contributed by atoms with E-state index < -0.39 is 10.0 Å². The Balaban J connectivity index is 0.000000183. The fraction of sp³-hybridized carbons (Fsp3) is 0.800. The fourth-order valence-corrected chi connectivity index (χ4v) is 0.625. The molecule has 6 heteroatoms. The first-order valence-electron chi connectivity index (χ1n) is 3.25. The van der Waals surface area contributed by atoms with E-state index in [4.69, 9.17) is 4.79 Å². The van der Waals surface area contributed by atoms with Gasteiger partial charge in [0.2, 0.25) is 5.62 Å². The Hall–Kier alpha value is -0.460. The van der Waals surface area contributed by atoms with E-state index in [2.05, 4.69) is 10.5 Å². The van der Waals surface area contributed by atoms with Gasteiger partial charge in [-0.05, 0) is 25.9 Å². The van der Waals surface area contributed by atoms with E-state index in [0.717, 1.165) is 0 Å². The van der Waals surface area contributed by atoms with Gasteiger partial charge >= 0.3 is 0 Å². The predicted molar refractivity (Wildman–Crippen MR) is 42.0 cm³/mol. The zero-order chi connectivity index (χ0) is 8.74. The molecule has 1 fully saturated rings. The Morgan fingerprint density at radius 3 is 1.73 bits per heavy atom. The van der Waals surface area contributed by atoms with E-state index in [-0.39, 0.29) is 5.62 Å². The van der Waals surface area contributed by atoms with E-state index in [1.807, 2.05) is 0 Å². The van der Waals surface area contributed by atoms with Crippen molar-refractivity contribution in [1.82, 2.24) is 5.32 Å². The van der Waals surface area contributed by atoms with Gasteiger partial charge in [-0.2, -0.15) is 0 Å². The number of sulfonamides is 1. The molecule has 0 atom stereocenters. The van der Waals surface area contributed by atoms with Gasteiger partial charge in [-0.1, -0.05) is 0 Å². The number of carbonyl (C=O) groups is 1. The molecular weight excluding hydrogens is 168 g/mol. The molecule has 0 saturated carbocycles. The number of nitrogens with two attached hydrogens (primary N) is 1. The summed E-state index contributed by atoms with van der Waals surface area (Å²) in [6, 6.07) is 0. The van der Waals surface area contributed by atoms with Crippen LogP contribution in [0.5, 0.6) is 0 Å². The lowest BCUT2D eigenvalue weighted by molar-refractivity contribution is 0.556. The van der Waals surface area contributed by atoms with Crippen LogP contribution in [0.1, 0.15) is 12.8 Å². The van der Waals surface area contributed by atoms with Crippen molar-refractivity contribution in [2.75, 3.05) is 13.1 Å². The summed E-state index contributed by atoms with van der Waals surface area (Å²) in [7, 11) is -3.84. The van der Waals surface area contributed by atoms with E-state index in [1.54, 1.807) is 0 Å². The van der Waals surface area contributed by atoms with Crippen LogP contribution in [-0.2, 0) is 14.8 Å². The summed E-state index contributed by atoms with van der Waals surface area (Å²) in [6.07, 6.45) is 2.78. The molecule has 0 bridgehead atoms. The van der Waals surface area contributed by atoms with E-state index in [9.17, 15) is 8.42 Å². The van der Waals surface area contributed by atoms with Crippen molar-refractivity contribution in [2.45, 2.75) is 12.8 Å². The summed E-state index contributed by atoms with van der Waals surface area (Å²) in [5, 5.41) is 7.36. The molecule has 0 aromatic carbocycles. The highest BCUT2D eigenvalue weighted by Crippen LogP contribution is 1.90. The van der Waals surface area contributed by atoms with Crippen LogP contribution in [0.4, 0.5) is 0 Å². The maximum atomic E-state index is 9.41. The third kappa shape index (κ3) is 9.54.